The van der Waals surface area contributed by atoms with Gasteiger partial charge in [-0.05, 0) is 99.6 Å². The number of thioether (sulfide) groups is 1. The van der Waals surface area contributed by atoms with E-state index in [1.165, 1.54) is 38.5 Å². The summed E-state index contributed by atoms with van der Waals surface area (Å²) in [6, 6.07) is 0. The van der Waals surface area contributed by atoms with Crippen molar-refractivity contribution in [2.45, 2.75) is 76.9 Å². The van der Waals surface area contributed by atoms with Gasteiger partial charge < -0.3 is 0 Å². The summed E-state index contributed by atoms with van der Waals surface area (Å²) in [4.78, 5) is 0. The van der Waals surface area contributed by atoms with Gasteiger partial charge in [-0.2, -0.15) is 11.8 Å². The van der Waals surface area contributed by atoms with Gasteiger partial charge >= 0.3 is 0 Å². The molecule has 1 heteroatoms. The van der Waals surface area contributed by atoms with Crippen LogP contribution in [0.2, 0.25) is 0 Å². The Morgan fingerprint density at radius 2 is 1.45 bits per heavy atom. The van der Waals surface area contributed by atoms with E-state index in [0.29, 0.717) is 0 Å². The second kappa shape index (κ2) is 6.63. The van der Waals surface area contributed by atoms with Crippen molar-refractivity contribution in [1.29, 1.82) is 0 Å². The summed E-state index contributed by atoms with van der Waals surface area (Å²) in [5, 5.41) is 0.987. The third kappa shape index (κ3) is 3.76. The lowest BCUT2D eigenvalue weighted by Gasteiger charge is -2.41. The van der Waals surface area contributed by atoms with Crippen LogP contribution in [0.1, 0.15) is 71.6 Å². The van der Waals surface area contributed by atoms with Gasteiger partial charge in [-0.25, -0.2) is 0 Å². The first-order valence-corrected chi connectivity index (χ1v) is 10.5. The van der Waals surface area contributed by atoms with Gasteiger partial charge in [0.15, 0.2) is 0 Å². The Kier molecular flexibility index (Phi) is 5.06. The molecule has 0 heterocycles. The molecule has 0 aliphatic heterocycles. The Bertz CT molecular complexity index is 303. The molecular weight excluding hydrogens is 260 g/mol. The molecule has 0 aromatic rings. The molecule has 3 fully saturated rings. The first-order chi connectivity index (χ1) is 9.65. The molecule has 0 nitrogen and oxygen atoms in total. The van der Waals surface area contributed by atoms with E-state index in [2.05, 4.69) is 31.9 Å². The molecule has 0 spiro atoms. The van der Waals surface area contributed by atoms with E-state index in [9.17, 15) is 0 Å². The number of rotatable bonds is 7. The lowest BCUT2D eigenvalue weighted by Crippen LogP contribution is -2.31. The van der Waals surface area contributed by atoms with Crippen LogP contribution in [0.25, 0.3) is 0 Å². The van der Waals surface area contributed by atoms with Crippen LogP contribution < -0.4 is 0 Å². The first-order valence-electron chi connectivity index (χ1n) is 9.18. The van der Waals surface area contributed by atoms with Gasteiger partial charge in [0.25, 0.3) is 0 Å². The van der Waals surface area contributed by atoms with Crippen molar-refractivity contribution in [3.8, 4) is 0 Å². The van der Waals surface area contributed by atoms with Crippen LogP contribution >= 0.6 is 11.8 Å². The van der Waals surface area contributed by atoms with Gasteiger partial charge in [0.05, 0.1) is 0 Å². The maximum Gasteiger partial charge on any atom is 0.00470 e. The number of hydrogen-bond donors (Lipinski definition) is 0. The largest absolute Gasteiger partial charge is 0.162 e. The highest BCUT2D eigenvalue weighted by Crippen LogP contribution is 2.48. The summed E-state index contributed by atoms with van der Waals surface area (Å²) in [6.45, 7) is 5.06. The molecule has 116 valence electrons. The van der Waals surface area contributed by atoms with E-state index in [0.717, 1.165) is 40.8 Å². The smallest absolute Gasteiger partial charge is 0.00470 e. The lowest BCUT2D eigenvalue weighted by molar-refractivity contribution is 0.0956. The topological polar surface area (TPSA) is 0 Å². The van der Waals surface area contributed by atoms with Crippen LogP contribution in [-0.2, 0) is 0 Å². The third-order valence-electron chi connectivity index (χ3n) is 6.74. The van der Waals surface area contributed by atoms with Crippen molar-refractivity contribution in [1.82, 2.24) is 0 Å². The fraction of sp³-hybridized carbons (Fsp3) is 1.00. The van der Waals surface area contributed by atoms with Crippen molar-refractivity contribution in [3.05, 3.63) is 0 Å². The highest BCUT2D eigenvalue weighted by atomic mass is 32.2. The summed E-state index contributed by atoms with van der Waals surface area (Å²) < 4.78 is 0. The standard InChI is InChI=1S/C19H34S/c1-13(17-5-6-17)9-16-10-18(11-16)14(2)8-15-4-7-19(12-15)20-3/h13-19H,4-12H2,1-3H3. The first kappa shape index (κ1) is 15.3. The molecule has 0 aromatic carbocycles. The van der Waals surface area contributed by atoms with Gasteiger partial charge in [0.1, 0.15) is 0 Å². The monoisotopic (exact) mass is 294 g/mol. The van der Waals surface area contributed by atoms with Gasteiger partial charge in [0, 0.05) is 5.25 Å². The van der Waals surface area contributed by atoms with Crippen LogP contribution in [0.4, 0.5) is 0 Å². The average molecular weight is 295 g/mol. The van der Waals surface area contributed by atoms with Crippen molar-refractivity contribution >= 4 is 11.8 Å². The lowest BCUT2D eigenvalue weighted by atomic mass is 9.64. The zero-order chi connectivity index (χ0) is 14.1. The zero-order valence-corrected chi connectivity index (χ0v) is 14.6. The molecule has 3 aliphatic rings. The van der Waals surface area contributed by atoms with E-state index in [1.807, 2.05) is 0 Å². The Morgan fingerprint density at radius 1 is 0.800 bits per heavy atom. The Hall–Kier alpha value is 0.350. The number of hydrogen-bond acceptors (Lipinski definition) is 1. The van der Waals surface area contributed by atoms with E-state index in [1.54, 1.807) is 19.3 Å². The van der Waals surface area contributed by atoms with Crippen molar-refractivity contribution in [3.63, 3.8) is 0 Å². The van der Waals surface area contributed by atoms with Crippen molar-refractivity contribution < 1.29 is 0 Å². The molecular formula is C19H34S. The average Bonchev–Trinajstić information content (AvgIpc) is 3.14. The van der Waals surface area contributed by atoms with Crippen molar-refractivity contribution in [2.24, 2.45) is 35.5 Å². The highest BCUT2D eigenvalue weighted by Gasteiger charge is 2.37. The fourth-order valence-corrected chi connectivity index (χ4v) is 5.84. The SMILES string of the molecule is CSC1CCC(CC(C)C2CC(CC(C)C3CC3)C2)C1. The molecule has 3 aliphatic carbocycles. The molecule has 0 amide bonds. The van der Waals surface area contributed by atoms with E-state index in [-0.39, 0.29) is 0 Å². The summed E-state index contributed by atoms with van der Waals surface area (Å²) in [5.41, 5.74) is 0. The molecule has 0 N–H and O–H groups in total. The molecule has 0 aromatic heterocycles. The molecule has 20 heavy (non-hydrogen) atoms. The van der Waals surface area contributed by atoms with Gasteiger partial charge in [-0.15, -0.1) is 0 Å². The van der Waals surface area contributed by atoms with E-state index in [4.69, 9.17) is 0 Å². The highest BCUT2D eigenvalue weighted by molar-refractivity contribution is 7.99. The predicted octanol–water partition coefficient (Wildman–Crippen LogP) is 6.01. The minimum atomic E-state index is 0.987. The normalized spacial score (nSPS) is 40.4. The zero-order valence-electron chi connectivity index (χ0n) is 13.8. The fourth-order valence-electron chi connectivity index (χ4n) is 5.00. The van der Waals surface area contributed by atoms with Gasteiger partial charge in [-0.3, -0.25) is 0 Å². The van der Waals surface area contributed by atoms with Gasteiger partial charge in [0.2, 0.25) is 0 Å². The van der Waals surface area contributed by atoms with Crippen LogP contribution in [0.3, 0.4) is 0 Å². The quantitative estimate of drug-likeness (QED) is 0.554. The second-order valence-corrected chi connectivity index (χ2v) is 9.54. The van der Waals surface area contributed by atoms with Crippen LogP contribution in [-0.4, -0.2) is 11.5 Å². The summed E-state index contributed by atoms with van der Waals surface area (Å²) >= 11 is 2.11. The Labute approximate surface area is 130 Å². The molecule has 4 unspecified atom stereocenters. The molecule has 3 saturated carbocycles. The molecule has 0 radical (unpaired) electrons. The van der Waals surface area contributed by atoms with Crippen LogP contribution in [0, 0.1) is 35.5 Å². The summed E-state index contributed by atoms with van der Waals surface area (Å²) in [5.74, 6) is 6.40. The molecule has 3 rings (SSSR count). The van der Waals surface area contributed by atoms with Crippen molar-refractivity contribution in [2.75, 3.05) is 6.26 Å². The minimum absolute atomic E-state index is 0.987. The maximum atomic E-state index is 2.55. The third-order valence-corrected chi connectivity index (χ3v) is 7.84. The minimum Gasteiger partial charge on any atom is -0.162 e. The van der Waals surface area contributed by atoms with Gasteiger partial charge in [-0.1, -0.05) is 13.8 Å². The van der Waals surface area contributed by atoms with E-state index >= 15 is 0 Å². The molecule has 0 bridgehead atoms. The molecule has 4 atom stereocenters. The molecule has 0 saturated heterocycles. The maximum absolute atomic E-state index is 2.55. The van der Waals surface area contributed by atoms with E-state index < -0.39 is 0 Å². The van der Waals surface area contributed by atoms with Crippen LogP contribution in [0.5, 0.6) is 0 Å². The summed E-state index contributed by atoms with van der Waals surface area (Å²) in [7, 11) is 0. The Balaban J connectivity index is 1.32. The second-order valence-electron chi connectivity index (χ2n) is 8.40. The Morgan fingerprint density at radius 3 is 2.05 bits per heavy atom. The predicted molar refractivity (Wildman–Crippen MR) is 91.1 cm³/mol. The summed E-state index contributed by atoms with van der Waals surface area (Å²) in [6.07, 6.45) is 16.1. The van der Waals surface area contributed by atoms with Crippen LogP contribution in [0.15, 0.2) is 0 Å².